The average molecular weight is 303 g/mol. The van der Waals surface area contributed by atoms with Crippen LogP contribution in [0.5, 0.6) is 0 Å². The predicted molar refractivity (Wildman–Crippen MR) is 93.7 cm³/mol. The van der Waals surface area contributed by atoms with Crippen molar-refractivity contribution in [3.05, 3.63) is 35.5 Å². The second kappa shape index (κ2) is 8.13. The van der Waals surface area contributed by atoms with Gasteiger partial charge in [-0.25, -0.2) is 4.98 Å². The van der Waals surface area contributed by atoms with Crippen molar-refractivity contribution < 1.29 is 0 Å². The third kappa shape index (κ3) is 5.12. The highest BCUT2D eigenvalue weighted by Gasteiger charge is 2.09. The van der Waals surface area contributed by atoms with E-state index in [4.69, 9.17) is 12.2 Å². The molecule has 2 N–H and O–H groups in total. The quantitative estimate of drug-likeness (QED) is 0.625. The molecular weight excluding hydrogens is 278 g/mol. The third-order valence-electron chi connectivity index (χ3n) is 3.81. The van der Waals surface area contributed by atoms with Gasteiger partial charge in [-0.05, 0) is 61.9 Å². The molecule has 2 rings (SSSR count). The van der Waals surface area contributed by atoms with Gasteiger partial charge in [-0.2, -0.15) is 0 Å². The SMILES string of the molecule is CC(C)c1cccnc1NC(=S)NCCC1=CCCCC1. The normalized spacial score (nSPS) is 14.7. The fraction of sp³-hybridized carbons (Fsp3) is 0.529. The zero-order valence-corrected chi connectivity index (χ0v) is 13.8. The molecule has 0 unspecified atom stereocenters. The van der Waals surface area contributed by atoms with Gasteiger partial charge < -0.3 is 10.6 Å². The van der Waals surface area contributed by atoms with Crippen molar-refractivity contribution >= 4 is 23.1 Å². The van der Waals surface area contributed by atoms with E-state index in [0.717, 1.165) is 18.8 Å². The molecule has 0 saturated heterocycles. The summed E-state index contributed by atoms with van der Waals surface area (Å²) in [5.41, 5.74) is 2.76. The van der Waals surface area contributed by atoms with Gasteiger partial charge in [-0.1, -0.05) is 31.6 Å². The Labute approximate surface area is 133 Å². The van der Waals surface area contributed by atoms with Crippen molar-refractivity contribution in [2.45, 2.75) is 51.9 Å². The Balaban J connectivity index is 1.80. The lowest BCUT2D eigenvalue weighted by Crippen LogP contribution is -2.30. The second-order valence-corrected chi connectivity index (χ2v) is 6.24. The molecule has 0 saturated carbocycles. The first kappa shape index (κ1) is 16.0. The highest BCUT2D eigenvalue weighted by Crippen LogP contribution is 2.21. The Bertz CT molecular complexity index is 509. The van der Waals surface area contributed by atoms with Crippen molar-refractivity contribution in [3.8, 4) is 0 Å². The van der Waals surface area contributed by atoms with E-state index in [1.807, 2.05) is 6.07 Å². The molecule has 3 nitrogen and oxygen atoms in total. The number of anilines is 1. The van der Waals surface area contributed by atoms with Crippen molar-refractivity contribution in [1.29, 1.82) is 0 Å². The van der Waals surface area contributed by atoms with Gasteiger partial charge in [-0.3, -0.25) is 0 Å². The number of nitrogens with one attached hydrogen (secondary N) is 2. The number of hydrogen-bond donors (Lipinski definition) is 2. The van der Waals surface area contributed by atoms with Crippen LogP contribution in [0.2, 0.25) is 0 Å². The molecule has 0 aromatic carbocycles. The van der Waals surface area contributed by atoms with Gasteiger partial charge >= 0.3 is 0 Å². The first-order chi connectivity index (χ1) is 10.2. The van der Waals surface area contributed by atoms with Crippen LogP contribution < -0.4 is 10.6 Å². The lowest BCUT2D eigenvalue weighted by molar-refractivity contribution is 0.669. The summed E-state index contributed by atoms with van der Waals surface area (Å²) >= 11 is 5.37. The summed E-state index contributed by atoms with van der Waals surface area (Å²) in [5.74, 6) is 1.29. The van der Waals surface area contributed by atoms with Crippen LogP contribution in [0.1, 0.15) is 57.4 Å². The minimum absolute atomic E-state index is 0.427. The van der Waals surface area contributed by atoms with Gasteiger partial charge in [0.05, 0.1) is 0 Å². The zero-order valence-electron chi connectivity index (χ0n) is 13.0. The molecule has 0 aliphatic heterocycles. The number of aromatic nitrogens is 1. The Morgan fingerprint density at radius 3 is 2.95 bits per heavy atom. The van der Waals surface area contributed by atoms with Crippen LogP contribution in [0.4, 0.5) is 5.82 Å². The molecule has 0 amide bonds. The fourth-order valence-electron chi connectivity index (χ4n) is 2.61. The molecule has 1 aliphatic rings. The van der Waals surface area contributed by atoms with E-state index < -0.39 is 0 Å². The molecule has 0 radical (unpaired) electrons. The van der Waals surface area contributed by atoms with Gasteiger partial charge in [0, 0.05) is 12.7 Å². The van der Waals surface area contributed by atoms with Crippen molar-refractivity contribution in [2.75, 3.05) is 11.9 Å². The van der Waals surface area contributed by atoms with Crippen LogP contribution >= 0.6 is 12.2 Å². The maximum absolute atomic E-state index is 5.37. The molecule has 0 fully saturated rings. The largest absolute Gasteiger partial charge is 0.362 e. The van der Waals surface area contributed by atoms with Crippen molar-refractivity contribution in [3.63, 3.8) is 0 Å². The van der Waals surface area contributed by atoms with E-state index in [0.29, 0.717) is 11.0 Å². The summed E-state index contributed by atoms with van der Waals surface area (Å²) in [6.07, 6.45) is 10.4. The van der Waals surface area contributed by atoms with E-state index in [2.05, 4.69) is 41.6 Å². The Kier molecular flexibility index (Phi) is 6.18. The Hall–Kier alpha value is -1.42. The van der Waals surface area contributed by atoms with Crippen LogP contribution in [0.15, 0.2) is 30.0 Å². The molecule has 0 spiro atoms. The first-order valence-electron chi connectivity index (χ1n) is 7.84. The standard InChI is InChI=1S/C17H25N3S/c1-13(2)15-9-6-11-18-16(15)20-17(21)19-12-10-14-7-4-3-5-8-14/h6-7,9,11,13H,3-5,8,10,12H2,1-2H3,(H2,18,19,20,21). The predicted octanol–water partition coefficient (Wildman–Crippen LogP) is 4.38. The summed E-state index contributed by atoms with van der Waals surface area (Å²) in [6, 6.07) is 4.06. The van der Waals surface area contributed by atoms with Crippen LogP contribution in [-0.4, -0.2) is 16.6 Å². The van der Waals surface area contributed by atoms with E-state index in [-0.39, 0.29) is 0 Å². The molecule has 1 aromatic heterocycles. The number of thiocarbonyl (C=S) groups is 1. The smallest absolute Gasteiger partial charge is 0.171 e. The van der Waals surface area contributed by atoms with Crippen LogP contribution in [0, 0.1) is 0 Å². The summed E-state index contributed by atoms with van der Waals surface area (Å²) in [4.78, 5) is 4.39. The van der Waals surface area contributed by atoms with Gasteiger partial charge in [0.1, 0.15) is 5.82 Å². The molecule has 0 bridgehead atoms. The average Bonchev–Trinajstić information content (AvgIpc) is 2.48. The van der Waals surface area contributed by atoms with Gasteiger partial charge in [0.25, 0.3) is 0 Å². The minimum atomic E-state index is 0.427. The van der Waals surface area contributed by atoms with E-state index in [9.17, 15) is 0 Å². The number of nitrogens with zero attached hydrogens (tertiary/aromatic N) is 1. The Morgan fingerprint density at radius 1 is 1.38 bits per heavy atom. The molecule has 21 heavy (non-hydrogen) atoms. The molecule has 4 heteroatoms. The van der Waals surface area contributed by atoms with Crippen molar-refractivity contribution in [1.82, 2.24) is 10.3 Å². The maximum Gasteiger partial charge on any atom is 0.171 e. The molecule has 0 atom stereocenters. The molecule has 1 aliphatic carbocycles. The van der Waals surface area contributed by atoms with Gasteiger partial charge in [-0.15, -0.1) is 0 Å². The fourth-order valence-corrected chi connectivity index (χ4v) is 2.81. The molecular formula is C17H25N3S. The van der Waals surface area contributed by atoms with E-state index in [1.54, 1.807) is 11.8 Å². The third-order valence-corrected chi connectivity index (χ3v) is 4.06. The first-order valence-corrected chi connectivity index (χ1v) is 8.25. The van der Waals surface area contributed by atoms with E-state index in [1.165, 1.54) is 31.2 Å². The minimum Gasteiger partial charge on any atom is -0.362 e. The van der Waals surface area contributed by atoms with E-state index >= 15 is 0 Å². The zero-order chi connectivity index (χ0) is 15.1. The van der Waals surface area contributed by atoms with Crippen LogP contribution in [0.3, 0.4) is 0 Å². The number of rotatable bonds is 5. The number of allylic oxidation sites excluding steroid dienone is 1. The lowest BCUT2D eigenvalue weighted by Gasteiger charge is -2.16. The highest BCUT2D eigenvalue weighted by molar-refractivity contribution is 7.80. The van der Waals surface area contributed by atoms with Crippen LogP contribution in [0.25, 0.3) is 0 Å². The summed E-state index contributed by atoms with van der Waals surface area (Å²) in [7, 11) is 0. The summed E-state index contributed by atoms with van der Waals surface area (Å²) in [5, 5.41) is 7.16. The highest BCUT2D eigenvalue weighted by atomic mass is 32.1. The number of pyridine rings is 1. The topological polar surface area (TPSA) is 37.0 Å². The van der Waals surface area contributed by atoms with Gasteiger partial charge in [0.2, 0.25) is 0 Å². The summed E-state index contributed by atoms with van der Waals surface area (Å²) in [6.45, 7) is 5.21. The molecule has 114 valence electrons. The Morgan fingerprint density at radius 2 is 2.24 bits per heavy atom. The summed E-state index contributed by atoms with van der Waals surface area (Å²) < 4.78 is 0. The molecule has 1 aromatic rings. The van der Waals surface area contributed by atoms with Crippen molar-refractivity contribution in [2.24, 2.45) is 0 Å². The van der Waals surface area contributed by atoms with Crippen LogP contribution in [-0.2, 0) is 0 Å². The maximum atomic E-state index is 5.37. The monoisotopic (exact) mass is 303 g/mol. The molecule has 1 heterocycles. The lowest BCUT2D eigenvalue weighted by atomic mass is 9.97. The number of hydrogen-bond acceptors (Lipinski definition) is 2. The van der Waals surface area contributed by atoms with Gasteiger partial charge in [0.15, 0.2) is 5.11 Å². The second-order valence-electron chi connectivity index (χ2n) is 5.83.